The zero-order valence-electron chi connectivity index (χ0n) is 9.76. The van der Waals surface area contributed by atoms with Gasteiger partial charge in [-0.3, -0.25) is 4.99 Å². The van der Waals surface area contributed by atoms with E-state index >= 15 is 0 Å². The van der Waals surface area contributed by atoms with Crippen molar-refractivity contribution in [2.75, 3.05) is 12.3 Å². The number of nitrogen functional groups attached to an aromatic ring is 1. The van der Waals surface area contributed by atoms with E-state index in [1.54, 1.807) is 0 Å². The van der Waals surface area contributed by atoms with Crippen molar-refractivity contribution in [3.63, 3.8) is 0 Å². The molecule has 2 N–H and O–H groups in total. The van der Waals surface area contributed by atoms with Gasteiger partial charge in [0, 0.05) is 18.0 Å². The third-order valence-electron chi connectivity index (χ3n) is 2.81. The summed E-state index contributed by atoms with van der Waals surface area (Å²) in [7, 11) is 0. The van der Waals surface area contributed by atoms with Crippen LogP contribution in [0.25, 0.3) is 0 Å². The van der Waals surface area contributed by atoms with E-state index in [9.17, 15) is 0 Å². The highest BCUT2D eigenvalue weighted by atomic mass is 32.1. The Hall–Kier alpha value is -1.10. The molecule has 0 aliphatic carbocycles. The van der Waals surface area contributed by atoms with E-state index in [0.29, 0.717) is 17.2 Å². The molecule has 88 valence electrons. The fourth-order valence-corrected chi connectivity index (χ4v) is 2.38. The van der Waals surface area contributed by atoms with E-state index in [1.807, 2.05) is 11.7 Å². The van der Waals surface area contributed by atoms with Crippen LogP contribution in [0.15, 0.2) is 10.4 Å². The molecule has 1 unspecified atom stereocenters. The number of nitrogens with zero attached hydrogens (tertiary/aromatic N) is 3. The summed E-state index contributed by atoms with van der Waals surface area (Å²) in [6, 6.07) is 0.967. The molecule has 0 saturated heterocycles. The first-order valence-electron chi connectivity index (χ1n) is 5.64. The second-order valence-electron chi connectivity index (χ2n) is 4.42. The minimum Gasteiger partial charge on any atom is -0.375 e. The molecule has 0 fully saturated rings. The number of thiazole rings is 1. The lowest BCUT2D eigenvalue weighted by atomic mass is 10.1. The Kier molecular flexibility index (Phi) is 3.43. The number of rotatable bonds is 4. The molecule has 5 heteroatoms. The highest BCUT2D eigenvalue weighted by molar-refractivity contribution is 7.13. The first-order chi connectivity index (χ1) is 7.65. The maximum Gasteiger partial charge on any atom is 0.180 e. The Bertz CT molecular complexity index is 372. The van der Waals surface area contributed by atoms with Gasteiger partial charge in [0.2, 0.25) is 0 Å². The quantitative estimate of drug-likeness (QED) is 0.870. The van der Waals surface area contributed by atoms with Gasteiger partial charge in [0.25, 0.3) is 0 Å². The molecule has 0 spiro atoms. The number of hydrogen-bond donors (Lipinski definition) is 1. The van der Waals surface area contributed by atoms with Gasteiger partial charge in [0.1, 0.15) is 0 Å². The molecule has 4 nitrogen and oxygen atoms in total. The second-order valence-corrected chi connectivity index (χ2v) is 5.31. The van der Waals surface area contributed by atoms with E-state index in [2.05, 4.69) is 28.7 Å². The van der Waals surface area contributed by atoms with Crippen molar-refractivity contribution >= 4 is 22.8 Å². The minimum absolute atomic E-state index is 0.422. The maximum absolute atomic E-state index is 5.59. The number of aliphatic imine (C=N–C) groups is 1. The maximum atomic E-state index is 5.59. The summed E-state index contributed by atoms with van der Waals surface area (Å²) in [6.45, 7) is 5.42. The van der Waals surface area contributed by atoms with Gasteiger partial charge >= 0.3 is 0 Å². The molecule has 0 aromatic carbocycles. The van der Waals surface area contributed by atoms with E-state index in [-0.39, 0.29) is 0 Å². The molecule has 2 heterocycles. The van der Waals surface area contributed by atoms with Crippen LogP contribution in [0.2, 0.25) is 0 Å². The Morgan fingerprint density at radius 2 is 2.44 bits per heavy atom. The molecule has 1 aromatic heterocycles. The van der Waals surface area contributed by atoms with Crippen molar-refractivity contribution in [3.05, 3.63) is 11.1 Å². The standard InChI is InChI=1S/C11H18N4S/c1-8(2)15-5-9(13-7-15)3-4-10-6-16-11(12)14-10/h6-9H,3-5H2,1-2H3,(H2,12,14). The van der Waals surface area contributed by atoms with E-state index in [4.69, 9.17) is 5.73 Å². The summed E-state index contributed by atoms with van der Waals surface area (Å²) in [5, 5.41) is 2.70. The first-order valence-corrected chi connectivity index (χ1v) is 6.52. The Balaban J connectivity index is 1.78. The molecule has 2 rings (SSSR count). The van der Waals surface area contributed by atoms with Crippen molar-refractivity contribution < 1.29 is 0 Å². The number of nitrogens with two attached hydrogens (primary N) is 1. The summed E-state index contributed by atoms with van der Waals surface area (Å²) < 4.78 is 0. The van der Waals surface area contributed by atoms with Crippen molar-refractivity contribution in [2.45, 2.75) is 38.8 Å². The van der Waals surface area contributed by atoms with Crippen LogP contribution in [0.1, 0.15) is 26.0 Å². The van der Waals surface area contributed by atoms with Crippen LogP contribution in [-0.4, -0.2) is 34.9 Å². The van der Waals surface area contributed by atoms with Crippen molar-refractivity contribution in [3.8, 4) is 0 Å². The number of aryl methyl sites for hydroxylation is 1. The zero-order valence-corrected chi connectivity index (χ0v) is 10.6. The summed E-state index contributed by atoms with van der Waals surface area (Å²) in [6.07, 6.45) is 4.01. The molecule has 0 bridgehead atoms. The van der Waals surface area contributed by atoms with E-state index < -0.39 is 0 Å². The van der Waals surface area contributed by atoms with Crippen LogP contribution in [0.5, 0.6) is 0 Å². The molecule has 1 aromatic rings. The van der Waals surface area contributed by atoms with Crippen LogP contribution >= 0.6 is 11.3 Å². The first kappa shape index (κ1) is 11.4. The summed E-state index contributed by atoms with van der Waals surface area (Å²) in [4.78, 5) is 11.0. The zero-order chi connectivity index (χ0) is 11.5. The van der Waals surface area contributed by atoms with Gasteiger partial charge in [-0.1, -0.05) is 0 Å². The SMILES string of the molecule is CC(C)N1C=NC(CCc2csc(N)n2)C1. The number of anilines is 1. The van der Waals surface area contributed by atoms with Crippen LogP contribution in [0.3, 0.4) is 0 Å². The van der Waals surface area contributed by atoms with Gasteiger partial charge in [-0.05, 0) is 26.7 Å². The van der Waals surface area contributed by atoms with Gasteiger partial charge in [-0.2, -0.15) is 0 Å². The molecular formula is C11H18N4S. The normalized spacial score (nSPS) is 19.9. The third kappa shape index (κ3) is 2.72. The van der Waals surface area contributed by atoms with Crippen LogP contribution < -0.4 is 5.73 Å². The van der Waals surface area contributed by atoms with Crippen LogP contribution in [-0.2, 0) is 6.42 Å². The highest BCUT2D eigenvalue weighted by Crippen LogP contribution is 2.16. The Morgan fingerprint density at radius 3 is 3.00 bits per heavy atom. The van der Waals surface area contributed by atoms with E-state index in [1.165, 1.54) is 11.3 Å². The minimum atomic E-state index is 0.422. The lowest BCUT2D eigenvalue weighted by Crippen LogP contribution is -2.30. The number of aromatic nitrogens is 1. The molecular weight excluding hydrogens is 220 g/mol. The summed E-state index contributed by atoms with van der Waals surface area (Å²) in [5.41, 5.74) is 6.69. The van der Waals surface area contributed by atoms with Gasteiger partial charge in [-0.15, -0.1) is 11.3 Å². The largest absolute Gasteiger partial charge is 0.375 e. The van der Waals surface area contributed by atoms with Crippen molar-refractivity contribution in [2.24, 2.45) is 4.99 Å². The average Bonchev–Trinajstić information content (AvgIpc) is 2.83. The molecule has 16 heavy (non-hydrogen) atoms. The average molecular weight is 238 g/mol. The molecule has 1 atom stereocenters. The summed E-state index contributed by atoms with van der Waals surface area (Å²) in [5.74, 6) is 0. The molecule has 1 aliphatic rings. The van der Waals surface area contributed by atoms with Crippen molar-refractivity contribution in [1.82, 2.24) is 9.88 Å². The molecule has 0 saturated carbocycles. The third-order valence-corrected chi connectivity index (χ3v) is 3.54. The van der Waals surface area contributed by atoms with Gasteiger partial charge in [0.05, 0.1) is 18.1 Å². The Morgan fingerprint density at radius 1 is 1.62 bits per heavy atom. The lowest BCUT2D eigenvalue weighted by molar-refractivity contribution is 0.359. The predicted octanol–water partition coefficient (Wildman–Crippen LogP) is 1.78. The lowest BCUT2D eigenvalue weighted by Gasteiger charge is -2.20. The Labute approximate surface area is 100 Å². The van der Waals surface area contributed by atoms with Gasteiger partial charge in [-0.25, -0.2) is 4.98 Å². The highest BCUT2D eigenvalue weighted by Gasteiger charge is 2.19. The molecule has 0 amide bonds. The topological polar surface area (TPSA) is 54.5 Å². The van der Waals surface area contributed by atoms with Crippen molar-refractivity contribution in [1.29, 1.82) is 0 Å². The van der Waals surface area contributed by atoms with Gasteiger partial charge < -0.3 is 10.6 Å². The monoisotopic (exact) mass is 238 g/mol. The number of hydrogen-bond acceptors (Lipinski definition) is 5. The smallest absolute Gasteiger partial charge is 0.180 e. The van der Waals surface area contributed by atoms with E-state index in [0.717, 1.165) is 25.1 Å². The fourth-order valence-electron chi connectivity index (χ4n) is 1.78. The van der Waals surface area contributed by atoms with Crippen LogP contribution in [0.4, 0.5) is 5.13 Å². The second kappa shape index (κ2) is 4.82. The molecule has 1 aliphatic heterocycles. The fraction of sp³-hybridized carbons (Fsp3) is 0.636. The molecule has 0 radical (unpaired) electrons. The summed E-state index contributed by atoms with van der Waals surface area (Å²) >= 11 is 1.51. The van der Waals surface area contributed by atoms with Crippen LogP contribution in [0, 0.1) is 0 Å². The van der Waals surface area contributed by atoms with Gasteiger partial charge in [0.15, 0.2) is 5.13 Å². The predicted molar refractivity (Wildman–Crippen MR) is 69.0 cm³/mol.